The van der Waals surface area contributed by atoms with Crippen LogP contribution in [0.5, 0.6) is 11.5 Å². The van der Waals surface area contributed by atoms with Gasteiger partial charge in [-0.1, -0.05) is 20.8 Å². The smallest absolute Gasteiger partial charge is 0.232 e. The second kappa shape index (κ2) is 8.23. The number of hydrogen-bond acceptors (Lipinski definition) is 6. The summed E-state index contributed by atoms with van der Waals surface area (Å²) >= 11 is 0. The lowest BCUT2D eigenvalue weighted by molar-refractivity contribution is -0.0259. The van der Waals surface area contributed by atoms with Gasteiger partial charge in [-0.2, -0.15) is 0 Å². The zero-order valence-corrected chi connectivity index (χ0v) is 18.8. The van der Waals surface area contributed by atoms with E-state index in [9.17, 15) is 5.11 Å². The number of oxazole rings is 1. The summed E-state index contributed by atoms with van der Waals surface area (Å²) in [6, 6.07) is 4.42. The zero-order chi connectivity index (χ0) is 21.5. The van der Waals surface area contributed by atoms with Crippen LogP contribution in [0.4, 0.5) is 0 Å². The molecule has 3 atom stereocenters. The van der Waals surface area contributed by atoms with Gasteiger partial charge in [-0.05, 0) is 60.8 Å². The maximum atomic E-state index is 10.9. The number of nitrogens with zero attached hydrogens (tertiary/aromatic N) is 2. The van der Waals surface area contributed by atoms with Crippen LogP contribution in [0.15, 0.2) is 22.7 Å². The third-order valence-electron chi connectivity index (χ3n) is 6.27. The van der Waals surface area contributed by atoms with E-state index in [1.807, 2.05) is 6.92 Å². The molecular weight excluding hydrogens is 380 g/mol. The van der Waals surface area contributed by atoms with E-state index in [0.717, 1.165) is 38.1 Å². The fourth-order valence-corrected chi connectivity index (χ4v) is 4.97. The van der Waals surface area contributed by atoms with Gasteiger partial charge in [-0.25, -0.2) is 4.98 Å². The quantitative estimate of drug-likeness (QED) is 0.787. The first kappa shape index (κ1) is 21.2. The molecule has 0 aliphatic carbocycles. The molecule has 1 aromatic carbocycles. The lowest BCUT2D eigenvalue weighted by Gasteiger charge is -2.47. The number of fused-ring (bicyclic) bond motifs is 3. The molecule has 1 aromatic heterocycles. The molecule has 0 spiro atoms. The molecule has 0 saturated carbocycles. The normalized spacial score (nSPS) is 24.3. The Morgan fingerprint density at radius 2 is 2.07 bits per heavy atom. The van der Waals surface area contributed by atoms with Crippen molar-refractivity contribution in [1.29, 1.82) is 0 Å². The van der Waals surface area contributed by atoms with Gasteiger partial charge in [0.15, 0.2) is 18.1 Å². The van der Waals surface area contributed by atoms with E-state index in [1.54, 1.807) is 13.3 Å². The number of methoxy groups -OCH3 is 1. The van der Waals surface area contributed by atoms with Gasteiger partial charge >= 0.3 is 0 Å². The number of benzene rings is 1. The van der Waals surface area contributed by atoms with Gasteiger partial charge in [-0.3, -0.25) is 4.90 Å². The van der Waals surface area contributed by atoms with Crippen molar-refractivity contribution in [2.24, 2.45) is 11.3 Å². The number of aromatic nitrogens is 1. The van der Waals surface area contributed by atoms with Crippen molar-refractivity contribution in [3.63, 3.8) is 0 Å². The minimum Gasteiger partial charge on any atom is -0.493 e. The van der Waals surface area contributed by atoms with Gasteiger partial charge in [0.1, 0.15) is 5.76 Å². The van der Waals surface area contributed by atoms with Gasteiger partial charge < -0.3 is 19.0 Å². The minimum atomic E-state index is -0.272. The molecule has 1 fully saturated rings. The Morgan fingerprint density at radius 1 is 1.27 bits per heavy atom. The first-order chi connectivity index (χ1) is 14.2. The highest BCUT2D eigenvalue weighted by Crippen LogP contribution is 2.44. The first-order valence-electron chi connectivity index (χ1n) is 10.9. The Labute approximate surface area is 179 Å². The minimum absolute atomic E-state index is 0.225. The van der Waals surface area contributed by atoms with E-state index < -0.39 is 0 Å². The molecule has 2 aromatic rings. The van der Waals surface area contributed by atoms with Crippen LogP contribution in [-0.2, 0) is 13.0 Å². The van der Waals surface area contributed by atoms with Gasteiger partial charge in [0.25, 0.3) is 0 Å². The van der Waals surface area contributed by atoms with Gasteiger partial charge in [0.2, 0.25) is 5.89 Å². The van der Waals surface area contributed by atoms with Crippen molar-refractivity contribution in [3.05, 3.63) is 41.1 Å². The Morgan fingerprint density at radius 3 is 2.73 bits per heavy atom. The maximum absolute atomic E-state index is 10.9. The van der Waals surface area contributed by atoms with E-state index in [0.29, 0.717) is 23.3 Å². The van der Waals surface area contributed by atoms with Crippen LogP contribution in [0.25, 0.3) is 0 Å². The molecule has 6 heteroatoms. The highest BCUT2D eigenvalue weighted by molar-refractivity contribution is 5.49. The van der Waals surface area contributed by atoms with Crippen molar-refractivity contribution in [2.45, 2.75) is 65.7 Å². The topological polar surface area (TPSA) is 68.0 Å². The van der Waals surface area contributed by atoms with Crippen LogP contribution in [0, 0.1) is 18.3 Å². The van der Waals surface area contributed by atoms with Gasteiger partial charge in [0, 0.05) is 19.1 Å². The molecule has 2 aliphatic rings. The Balaban J connectivity index is 1.53. The van der Waals surface area contributed by atoms with E-state index in [1.165, 1.54) is 11.1 Å². The van der Waals surface area contributed by atoms with Crippen LogP contribution >= 0.6 is 0 Å². The largest absolute Gasteiger partial charge is 0.493 e. The van der Waals surface area contributed by atoms with Gasteiger partial charge in [0.05, 0.1) is 19.4 Å². The van der Waals surface area contributed by atoms with Crippen LogP contribution in [0.1, 0.15) is 62.4 Å². The van der Waals surface area contributed by atoms with Crippen LogP contribution in [0.3, 0.4) is 0 Å². The van der Waals surface area contributed by atoms with E-state index in [-0.39, 0.29) is 24.2 Å². The molecular formula is C24H34N2O4. The average molecular weight is 415 g/mol. The van der Waals surface area contributed by atoms with E-state index in [2.05, 4.69) is 42.8 Å². The number of hydrogen-bond donors (Lipinski definition) is 1. The molecule has 0 amide bonds. The lowest BCUT2D eigenvalue weighted by Crippen LogP contribution is -2.48. The Kier molecular flexibility index (Phi) is 5.82. The molecule has 30 heavy (non-hydrogen) atoms. The molecule has 3 unspecified atom stereocenters. The van der Waals surface area contributed by atoms with Crippen molar-refractivity contribution in [1.82, 2.24) is 9.88 Å². The van der Waals surface area contributed by atoms with Crippen LogP contribution in [-0.4, -0.2) is 41.3 Å². The molecule has 4 rings (SSSR count). The zero-order valence-electron chi connectivity index (χ0n) is 18.8. The fourth-order valence-electron chi connectivity index (χ4n) is 4.97. The van der Waals surface area contributed by atoms with E-state index in [4.69, 9.17) is 13.9 Å². The highest BCUT2D eigenvalue weighted by Gasteiger charge is 2.39. The monoisotopic (exact) mass is 414 g/mol. The predicted molar refractivity (Wildman–Crippen MR) is 115 cm³/mol. The summed E-state index contributed by atoms with van der Waals surface area (Å²) in [5.74, 6) is 3.08. The standard InChI is InChI=1S/C24H34N2O4/c1-15-12-25-23(30-15)14-29-22-8-16-6-7-26-13-17(11-24(2,3)4)20(27)10-19(26)18(16)9-21(22)28-5/h8-9,12,17,19-20,27H,6-7,10-11,13-14H2,1-5H3. The van der Waals surface area contributed by atoms with Crippen molar-refractivity contribution < 1.29 is 19.0 Å². The summed E-state index contributed by atoms with van der Waals surface area (Å²) in [5, 5.41) is 10.9. The third-order valence-corrected chi connectivity index (χ3v) is 6.27. The molecule has 0 bridgehead atoms. The second-order valence-electron chi connectivity index (χ2n) is 9.94. The molecule has 3 heterocycles. The van der Waals surface area contributed by atoms with Crippen LogP contribution < -0.4 is 9.47 Å². The summed E-state index contributed by atoms with van der Waals surface area (Å²) in [5.41, 5.74) is 2.76. The molecule has 6 nitrogen and oxygen atoms in total. The van der Waals surface area contributed by atoms with E-state index >= 15 is 0 Å². The molecule has 1 saturated heterocycles. The summed E-state index contributed by atoms with van der Waals surface area (Å²) in [6.45, 7) is 10.9. The summed E-state index contributed by atoms with van der Waals surface area (Å²) in [6.07, 6.45) is 4.21. The highest BCUT2D eigenvalue weighted by atomic mass is 16.5. The number of rotatable bonds is 5. The maximum Gasteiger partial charge on any atom is 0.232 e. The van der Waals surface area contributed by atoms with Crippen molar-refractivity contribution in [2.75, 3.05) is 20.2 Å². The second-order valence-corrected chi connectivity index (χ2v) is 9.94. The summed E-state index contributed by atoms with van der Waals surface area (Å²) in [7, 11) is 1.67. The number of aliphatic hydroxyl groups excluding tert-OH is 1. The SMILES string of the molecule is COc1cc2c(cc1OCc1ncc(C)o1)CCN1CC(CC(C)(C)C)C(O)CC21. The van der Waals surface area contributed by atoms with Crippen molar-refractivity contribution >= 4 is 0 Å². The number of aryl methyl sites for hydroxylation is 1. The third kappa shape index (κ3) is 4.49. The molecule has 0 radical (unpaired) electrons. The van der Waals surface area contributed by atoms with Gasteiger partial charge in [-0.15, -0.1) is 0 Å². The number of ether oxygens (including phenoxy) is 2. The average Bonchev–Trinajstić information content (AvgIpc) is 3.10. The Hall–Kier alpha value is -2.05. The lowest BCUT2D eigenvalue weighted by atomic mass is 9.75. The van der Waals surface area contributed by atoms with Crippen LogP contribution in [0.2, 0.25) is 0 Å². The number of piperidine rings is 1. The summed E-state index contributed by atoms with van der Waals surface area (Å²) < 4.78 is 17.1. The number of aliphatic hydroxyl groups is 1. The Bertz CT molecular complexity index is 886. The predicted octanol–water partition coefficient (Wildman–Crippen LogP) is 4.29. The first-order valence-corrected chi connectivity index (χ1v) is 10.9. The molecule has 164 valence electrons. The molecule has 2 aliphatic heterocycles. The van der Waals surface area contributed by atoms with Crippen molar-refractivity contribution in [3.8, 4) is 11.5 Å². The fraction of sp³-hybridized carbons (Fsp3) is 0.625. The summed E-state index contributed by atoms with van der Waals surface area (Å²) in [4.78, 5) is 6.74. The molecule has 1 N–H and O–H groups in total.